The van der Waals surface area contributed by atoms with E-state index in [0.29, 0.717) is 0 Å². The van der Waals surface area contributed by atoms with E-state index in [4.69, 9.17) is 0 Å². The van der Waals surface area contributed by atoms with Crippen LogP contribution in [0.4, 0.5) is 0 Å². The van der Waals surface area contributed by atoms with Gasteiger partial charge in [-0.1, -0.05) is 0 Å². The standard InChI is InChI=1S/2Fm.3O/q2*+3;3*-2. The van der Waals surface area contributed by atoms with Crippen LogP contribution in [-0.4, -0.2) is 0 Å². The molecule has 0 bridgehead atoms. The van der Waals surface area contributed by atoms with E-state index in [1.54, 1.807) is 0 Å². The molecule has 0 aromatic heterocycles. The molecule has 42 valence electrons. The van der Waals surface area contributed by atoms with Crippen molar-refractivity contribution in [3.63, 3.8) is 0 Å². The first-order valence-corrected chi connectivity index (χ1v) is 0. The second-order valence-electron chi connectivity index (χ2n) is 0. The van der Waals surface area contributed by atoms with Gasteiger partial charge < -0.3 is 16.4 Å². The van der Waals surface area contributed by atoms with Gasteiger partial charge in [0.25, 0.3) is 0 Å². The van der Waals surface area contributed by atoms with Crippen LogP contribution in [0.5, 0.6) is 0 Å². The van der Waals surface area contributed by atoms with Crippen LogP contribution in [0.2, 0.25) is 0 Å². The van der Waals surface area contributed by atoms with Crippen molar-refractivity contribution < 1.29 is 16.4 Å². The molecule has 3 nitrogen and oxygen atoms in total. The van der Waals surface area contributed by atoms with Crippen molar-refractivity contribution in [2.45, 2.75) is 0 Å². The Kier molecular flexibility index (Phi) is 0.147. The summed E-state index contributed by atoms with van der Waals surface area (Å²) in [4.78, 5) is 0. The van der Waals surface area contributed by atoms with Gasteiger partial charge in [0.1, 0.15) is 0 Å². The monoisotopic (exact) mass is 562 g/mol. The van der Waals surface area contributed by atoms with Crippen LogP contribution in [0.15, 0.2) is 0 Å². The molecule has 5 heteroatoms. The second-order valence-corrected chi connectivity index (χ2v) is 0. The van der Waals surface area contributed by atoms with E-state index < -0.39 is 0 Å². The molecule has 0 fully saturated rings. The predicted molar refractivity (Wildman–Crippen MR) is 2.06 cm³/mol. The Bertz CT molecular complexity index is 4.85. The van der Waals surface area contributed by atoms with Crippen LogP contribution in [0.1, 0.15) is 0 Å². The molecule has 0 aliphatic rings. The second kappa shape index (κ2) is 0.324. The minimum Gasteiger partial charge on any atom is -2.00 e. The zero-order chi connectivity index (χ0) is 0. The molecule has 0 aliphatic carbocycles. The van der Waals surface area contributed by atoms with E-state index in [-0.39, 0.29) is 16.4 Å². The van der Waals surface area contributed by atoms with Crippen molar-refractivity contribution >= 4 is 0 Å². The third-order valence-corrected chi connectivity index (χ3v) is 0. The number of rotatable bonds is 0. The summed E-state index contributed by atoms with van der Waals surface area (Å²) in [6.07, 6.45) is 0. The Morgan fingerprint density at radius 1 is 0.400 bits per heavy atom. The Labute approximate surface area is 17.8 Å². The Morgan fingerprint density at radius 3 is 0.400 bits per heavy atom. The molecule has 0 unspecified atom stereocenters. The molecule has 0 saturated heterocycles. The molecule has 0 aromatic carbocycles. The van der Waals surface area contributed by atoms with Crippen molar-refractivity contribution in [3.8, 4) is 0 Å². The van der Waals surface area contributed by atoms with Crippen molar-refractivity contribution in [2.75, 3.05) is 0 Å². The predicted octanol–water partition coefficient (Wildman–Crippen LogP) is -0.356. The molecule has 0 atom stereocenters. The summed E-state index contributed by atoms with van der Waals surface area (Å²) in [5.74, 6) is 0. The fourth-order valence-electron chi connectivity index (χ4n) is 0. The molecule has 2 radical (unpaired) electrons. The third-order valence-electron chi connectivity index (χ3n) is 0. The molecule has 0 N–H and O–H groups in total. The van der Waals surface area contributed by atoms with Crippen LogP contribution in [0.25, 0.3) is 0 Å². The summed E-state index contributed by atoms with van der Waals surface area (Å²) in [7, 11) is 0. The maximum Gasteiger partial charge on any atom is 3.00 e. The largest absolute Gasteiger partial charge is 3.00 e. The van der Waals surface area contributed by atoms with Crippen LogP contribution in [0, 0.1) is 0 Å². The molecular formula is Fm2O3. The van der Waals surface area contributed by atoms with E-state index in [2.05, 4.69) is 0 Å². The van der Waals surface area contributed by atoms with Gasteiger partial charge in [-0.25, -0.2) is 0 Å². The average molecular weight is 562 g/mol. The fraction of sp³-hybridized carbons (Fsp3) is 0. The normalized spacial score (nSPS) is 0. The van der Waals surface area contributed by atoms with Gasteiger partial charge in [0.15, 0.2) is 0 Å². The molecule has 0 aliphatic heterocycles. The van der Waals surface area contributed by atoms with Gasteiger partial charge in [0, 0.05) is 0 Å². The Morgan fingerprint density at radius 2 is 0.400 bits per heavy atom. The third kappa shape index (κ3) is 0.00602. The zero-order valence-electron chi connectivity index (χ0n) is 1.80. The van der Waals surface area contributed by atoms with E-state index >= 15 is 0 Å². The average Bonchev–Trinajstić information content (AvgIpc) is 0. The summed E-state index contributed by atoms with van der Waals surface area (Å²) in [5, 5.41) is 0. The Hall–Kier alpha value is -2.12. The van der Waals surface area contributed by atoms with Crippen molar-refractivity contribution in [3.05, 3.63) is 0 Å². The maximum absolute atomic E-state index is 0. The van der Waals surface area contributed by atoms with Crippen molar-refractivity contribution in [2.24, 2.45) is 0 Å². The SMILES string of the molecule is [Fm+3].[Fm+3].[O-2].[O-2].[O-2]. The maximum atomic E-state index is 0. The van der Waals surface area contributed by atoms with Gasteiger partial charge in [0.2, 0.25) is 0 Å². The van der Waals surface area contributed by atoms with Crippen LogP contribution >= 0.6 is 0 Å². The van der Waals surface area contributed by atoms with E-state index in [0.717, 1.165) is 0 Å². The van der Waals surface area contributed by atoms with Crippen LogP contribution < -0.4 is 0 Å². The molecule has 0 aromatic rings. The zero-order valence-corrected chi connectivity index (χ0v) is 6.61. The Balaban J connectivity index is 0. The van der Waals surface area contributed by atoms with Gasteiger partial charge in [0.05, 0.1) is 0 Å². The molecule has 0 rings (SSSR count). The van der Waals surface area contributed by atoms with E-state index in [1.807, 2.05) is 0 Å². The van der Waals surface area contributed by atoms with Crippen molar-refractivity contribution in [1.82, 2.24) is 0 Å². The fourth-order valence-corrected chi connectivity index (χ4v) is 0. The molecule has 5 heavy (non-hydrogen) atoms. The minimum absolute atomic E-state index is 0. The van der Waals surface area contributed by atoms with Gasteiger partial charge in [-0.2, -0.15) is 0 Å². The molecule has 0 amide bonds. The summed E-state index contributed by atoms with van der Waals surface area (Å²) < 4.78 is 0. The number of hydrogen-bond donors (Lipinski definition) is 0. The first-order chi connectivity index (χ1) is 0. The van der Waals surface area contributed by atoms with Crippen LogP contribution in [-0.2, 0) is 16.4 Å². The van der Waals surface area contributed by atoms with E-state index in [9.17, 15) is 0 Å². The first-order valence-electron chi connectivity index (χ1n) is 0. The van der Waals surface area contributed by atoms with Crippen LogP contribution in [0.3, 0.4) is 0 Å². The summed E-state index contributed by atoms with van der Waals surface area (Å²) in [6, 6.07) is 0. The minimum atomic E-state index is 0. The van der Waals surface area contributed by atoms with Crippen molar-refractivity contribution in [1.29, 1.82) is 0 Å². The van der Waals surface area contributed by atoms with Gasteiger partial charge >= 0.3 is 0 Å². The summed E-state index contributed by atoms with van der Waals surface area (Å²) >= 11 is 0. The summed E-state index contributed by atoms with van der Waals surface area (Å²) in [5.41, 5.74) is 0. The van der Waals surface area contributed by atoms with Gasteiger partial charge in [-0.15, -0.1) is 0 Å². The van der Waals surface area contributed by atoms with Gasteiger partial charge in [-0.3, -0.25) is 0 Å². The number of hydrogen-bond acceptors (Lipinski definition) is 0. The topological polar surface area (TPSA) is 85.5 Å². The quantitative estimate of drug-likeness (QED) is 0.387. The molecule has 0 heterocycles. The van der Waals surface area contributed by atoms with E-state index in [1.165, 1.54) is 0 Å². The summed E-state index contributed by atoms with van der Waals surface area (Å²) in [6.45, 7) is 0. The molecule has 0 spiro atoms. The first kappa shape index (κ1) is 2.26. The molecular weight excluding hydrogens is 562 g/mol. The smallest absolute Gasteiger partial charge is 2.00 e. The molecule has 0 saturated carbocycles. The van der Waals surface area contributed by atoms with Gasteiger partial charge in [-0.05, 0) is 0 Å².